The fourth-order valence-electron chi connectivity index (χ4n) is 3.51. The molecular formula is C23H24N2O3S. The van der Waals surface area contributed by atoms with Crippen LogP contribution in [0.4, 0.5) is 5.69 Å². The highest BCUT2D eigenvalue weighted by molar-refractivity contribution is 8.04. The molecule has 0 bridgehead atoms. The molecule has 2 aliphatic rings. The quantitative estimate of drug-likeness (QED) is 0.700. The van der Waals surface area contributed by atoms with Gasteiger partial charge in [-0.05, 0) is 35.7 Å². The number of rotatable bonds is 5. The molecular weight excluding hydrogens is 384 g/mol. The van der Waals surface area contributed by atoms with Gasteiger partial charge in [-0.2, -0.15) is 0 Å². The Kier molecular flexibility index (Phi) is 5.74. The van der Waals surface area contributed by atoms with Crippen molar-refractivity contribution < 1.29 is 14.3 Å². The van der Waals surface area contributed by atoms with Gasteiger partial charge in [0.2, 0.25) is 0 Å². The number of amides is 2. The molecule has 2 aromatic carbocycles. The smallest absolute Gasteiger partial charge is 0.283 e. The lowest BCUT2D eigenvalue weighted by atomic mass is 10.0. The fraction of sp³-hybridized carbons (Fsp3) is 0.304. The molecule has 1 saturated heterocycles. The largest absolute Gasteiger partial charge is 0.378 e. The molecule has 0 aliphatic carbocycles. The summed E-state index contributed by atoms with van der Waals surface area (Å²) in [4.78, 5) is 31.5. The topological polar surface area (TPSA) is 49.9 Å². The Bertz CT molecular complexity index is 932. The minimum atomic E-state index is -0.261. The monoisotopic (exact) mass is 408 g/mol. The molecule has 0 atom stereocenters. The van der Waals surface area contributed by atoms with E-state index in [4.69, 9.17) is 4.74 Å². The Labute approximate surface area is 175 Å². The number of morpholine rings is 1. The summed E-state index contributed by atoms with van der Waals surface area (Å²) in [5, 5.41) is 0. The molecule has 0 aromatic heterocycles. The number of hydrogen-bond donors (Lipinski definition) is 0. The summed E-state index contributed by atoms with van der Waals surface area (Å²) in [5.74, 6) is -0.129. The van der Waals surface area contributed by atoms with Gasteiger partial charge in [0.25, 0.3) is 11.8 Å². The van der Waals surface area contributed by atoms with Crippen LogP contribution in [0.25, 0.3) is 0 Å². The molecule has 0 unspecified atom stereocenters. The molecule has 6 heteroatoms. The summed E-state index contributed by atoms with van der Waals surface area (Å²) >= 11 is 1.36. The Morgan fingerprint density at radius 2 is 1.55 bits per heavy atom. The van der Waals surface area contributed by atoms with Gasteiger partial charge in [-0.1, -0.05) is 55.9 Å². The normalized spacial score (nSPS) is 17.6. The molecule has 0 N–H and O–H groups in total. The van der Waals surface area contributed by atoms with Crippen molar-refractivity contribution in [1.29, 1.82) is 0 Å². The van der Waals surface area contributed by atoms with Gasteiger partial charge in [-0.15, -0.1) is 0 Å². The van der Waals surface area contributed by atoms with Crippen molar-refractivity contribution in [3.63, 3.8) is 0 Å². The third kappa shape index (κ3) is 3.95. The Hall–Kier alpha value is -2.57. The van der Waals surface area contributed by atoms with Crippen LogP contribution in [0.3, 0.4) is 0 Å². The van der Waals surface area contributed by atoms with Crippen LogP contribution in [0.15, 0.2) is 70.1 Å². The summed E-state index contributed by atoms with van der Waals surface area (Å²) in [5.41, 5.74) is 2.27. The van der Waals surface area contributed by atoms with Crippen molar-refractivity contribution in [2.45, 2.75) is 24.7 Å². The first-order chi connectivity index (χ1) is 14.1. The van der Waals surface area contributed by atoms with Crippen LogP contribution in [0.1, 0.15) is 25.3 Å². The van der Waals surface area contributed by atoms with Crippen molar-refractivity contribution in [3.8, 4) is 0 Å². The number of imide groups is 1. The Morgan fingerprint density at radius 3 is 2.17 bits per heavy atom. The molecule has 2 aromatic rings. The first-order valence-corrected chi connectivity index (χ1v) is 10.7. The van der Waals surface area contributed by atoms with Crippen molar-refractivity contribution >= 4 is 29.3 Å². The predicted octanol–water partition coefficient (Wildman–Crippen LogP) is 4.02. The zero-order chi connectivity index (χ0) is 20.4. The van der Waals surface area contributed by atoms with Crippen molar-refractivity contribution in [1.82, 2.24) is 4.90 Å². The molecule has 4 rings (SSSR count). The third-order valence-corrected chi connectivity index (χ3v) is 6.21. The summed E-state index contributed by atoms with van der Waals surface area (Å²) in [6.07, 6.45) is 0. The van der Waals surface area contributed by atoms with Crippen LogP contribution < -0.4 is 4.90 Å². The van der Waals surface area contributed by atoms with Crippen molar-refractivity contribution in [2.75, 3.05) is 31.2 Å². The molecule has 0 spiro atoms. The number of hydrogen-bond acceptors (Lipinski definition) is 5. The average molecular weight is 409 g/mol. The molecule has 0 radical (unpaired) electrons. The van der Waals surface area contributed by atoms with Gasteiger partial charge in [-0.25, -0.2) is 4.90 Å². The number of carbonyl (C=O) groups is 2. The van der Waals surface area contributed by atoms with Crippen LogP contribution in [0.5, 0.6) is 0 Å². The number of thioether (sulfide) groups is 1. The molecule has 150 valence electrons. The second kappa shape index (κ2) is 8.43. The van der Waals surface area contributed by atoms with Gasteiger partial charge < -0.3 is 9.64 Å². The SMILES string of the molecule is CC(C)c1ccc(N2C(=O)C(Sc3ccccc3)=C(N3CCOCC3)C2=O)cc1. The summed E-state index contributed by atoms with van der Waals surface area (Å²) in [7, 11) is 0. The minimum Gasteiger partial charge on any atom is -0.378 e. The second-order valence-electron chi connectivity index (χ2n) is 7.38. The molecule has 5 nitrogen and oxygen atoms in total. The highest BCUT2D eigenvalue weighted by atomic mass is 32.2. The van der Waals surface area contributed by atoms with E-state index >= 15 is 0 Å². The average Bonchev–Trinajstić information content (AvgIpc) is 2.99. The maximum absolute atomic E-state index is 13.4. The number of carbonyl (C=O) groups excluding carboxylic acids is 2. The van der Waals surface area contributed by atoms with E-state index in [9.17, 15) is 9.59 Å². The molecule has 1 fully saturated rings. The van der Waals surface area contributed by atoms with Crippen LogP contribution in [-0.2, 0) is 14.3 Å². The van der Waals surface area contributed by atoms with E-state index in [1.807, 2.05) is 59.5 Å². The minimum absolute atomic E-state index is 0.257. The molecule has 29 heavy (non-hydrogen) atoms. The van der Waals surface area contributed by atoms with E-state index in [1.165, 1.54) is 22.2 Å². The Balaban J connectivity index is 1.70. The maximum atomic E-state index is 13.4. The lowest BCUT2D eigenvalue weighted by Crippen LogP contribution is -2.40. The molecule has 0 saturated carbocycles. The van der Waals surface area contributed by atoms with Crippen LogP contribution in [0.2, 0.25) is 0 Å². The third-order valence-electron chi connectivity index (χ3n) is 5.13. The zero-order valence-corrected chi connectivity index (χ0v) is 17.4. The molecule has 2 heterocycles. The first-order valence-electron chi connectivity index (χ1n) is 9.85. The van der Waals surface area contributed by atoms with Crippen molar-refractivity contribution in [3.05, 3.63) is 70.8 Å². The van der Waals surface area contributed by atoms with E-state index in [2.05, 4.69) is 13.8 Å². The molecule has 2 aliphatic heterocycles. The second-order valence-corrected chi connectivity index (χ2v) is 8.47. The van der Waals surface area contributed by atoms with Crippen LogP contribution >= 0.6 is 11.8 Å². The number of anilines is 1. The van der Waals surface area contributed by atoms with E-state index in [1.54, 1.807) is 0 Å². The van der Waals surface area contributed by atoms with Gasteiger partial charge in [0.15, 0.2) is 0 Å². The van der Waals surface area contributed by atoms with Crippen LogP contribution in [0, 0.1) is 0 Å². The predicted molar refractivity (Wildman–Crippen MR) is 115 cm³/mol. The van der Waals surface area contributed by atoms with E-state index in [0.29, 0.717) is 48.5 Å². The maximum Gasteiger partial charge on any atom is 0.283 e. The number of nitrogens with zero attached hydrogens (tertiary/aromatic N) is 2. The van der Waals surface area contributed by atoms with E-state index < -0.39 is 0 Å². The zero-order valence-electron chi connectivity index (χ0n) is 16.6. The van der Waals surface area contributed by atoms with Crippen LogP contribution in [-0.4, -0.2) is 43.0 Å². The summed E-state index contributed by atoms with van der Waals surface area (Å²) in [6, 6.07) is 17.4. The van der Waals surface area contributed by atoms with Gasteiger partial charge in [0, 0.05) is 18.0 Å². The van der Waals surface area contributed by atoms with Gasteiger partial charge >= 0.3 is 0 Å². The lowest BCUT2D eigenvalue weighted by molar-refractivity contribution is -0.121. The summed E-state index contributed by atoms with van der Waals surface area (Å²) < 4.78 is 5.44. The van der Waals surface area contributed by atoms with E-state index in [0.717, 1.165) is 4.90 Å². The van der Waals surface area contributed by atoms with Gasteiger partial charge in [0.1, 0.15) is 10.6 Å². The fourth-order valence-corrected chi connectivity index (χ4v) is 4.53. The highest BCUT2D eigenvalue weighted by Crippen LogP contribution is 2.39. The van der Waals surface area contributed by atoms with Gasteiger partial charge in [-0.3, -0.25) is 9.59 Å². The Morgan fingerprint density at radius 1 is 0.897 bits per heavy atom. The standard InChI is InChI=1S/C23H24N2O3S/c1-16(2)17-8-10-18(11-9-17)25-22(26)20(24-12-14-28-15-13-24)21(23(25)27)29-19-6-4-3-5-7-19/h3-11,16H,12-15H2,1-2H3. The number of benzene rings is 2. The molecule has 2 amide bonds. The van der Waals surface area contributed by atoms with E-state index in [-0.39, 0.29) is 11.8 Å². The number of ether oxygens (including phenoxy) is 1. The summed E-state index contributed by atoms with van der Waals surface area (Å²) in [6.45, 7) is 6.55. The lowest BCUT2D eigenvalue weighted by Gasteiger charge is -2.29. The van der Waals surface area contributed by atoms with Crippen molar-refractivity contribution in [2.24, 2.45) is 0 Å². The van der Waals surface area contributed by atoms with Gasteiger partial charge in [0.05, 0.1) is 18.9 Å². The highest BCUT2D eigenvalue weighted by Gasteiger charge is 2.42. The first kappa shape index (κ1) is 19.7.